The van der Waals surface area contributed by atoms with E-state index in [1.165, 1.54) is 13.2 Å². The summed E-state index contributed by atoms with van der Waals surface area (Å²) in [6.45, 7) is 0. The van der Waals surface area contributed by atoms with Crippen LogP contribution < -0.4 is 14.8 Å². The van der Waals surface area contributed by atoms with Gasteiger partial charge in [-0.25, -0.2) is 9.38 Å². The maximum Gasteiger partial charge on any atom is 0.275 e. The molecule has 0 unspecified atom stereocenters. The van der Waals surface area contributed by atoms with Crippen LogP contribution >= 0.6 is 0 Å². The molecule has 2 aromatic rings. The monoisotopic (exact) mass is 326 g/mol. The van der Waals surface area contributed by atoms with Crippen LogP contribution in [0, 0.1) is 5.82 Å². The van der Waals surface area contributed by atoms with Crippen LogP contribution in [0.4, 0.5) is 4.39 Å². The highest BCUT2D eigenvalue weighted by molar-refractivity contribution is 6.19. The van der Waals surface area contributed by atoms with Crippen molar-refractivity contribution in [3.63, 3.8) is 0 Å². The fraction of sp³-hybridized carbons (Fsp3) is 0.111. The predicted octanol–water partition coefficient (Wildman–Crippen LogP) is 2.76. The van der Waals surface area contributed by atoms with E-state index in [0.717, 1.165) is 0 Å². The molecule has 1 heterocycles. The van der Waals surface area contributed by atoms with Gasteiger partial charge in [0.1, 0.15) is 28.8 Å². The molecule has 1 aliphatic rings. The SMILES string of the molecule is COc1ccc(OC)c(C=C2N=C(c3ccccc3F)NC2=O)c1. The Hall–Kier alpha value is -3.15. The van der Waals surface area contributed by atoms with Crippen molar-refractivity contribution >= 4 is 17.8 Å². The summed E-state index contributed by atoms with van der Waals surface area (Å²) in [7, 11) is 3.09. The van der Waals surface area contributed by atoms with Gasteiger partial charge in [0, 0.05) is 5.56 Å². The number of carbonyl (C=O) groups is 1. The van der Waals surface area contributed by atoms with Gasteiger partial charge in [-0.1, -0.05) is 12.1 Å². The summed E-state index contributed by atoms with van der Waals surface area (Å²) in [6, 6.07) is 11.4. The van der Waals surface area contributed by atoms with Gasteiger partial charge in [-0.05, 0) is 36.4 Å². The highest BCUT2D eigenvalue weighted by Gasteiger charge is 2.23. The first kappa shape index (κ1) is 15.7. The van der Waals surface area contributed by atoms with Gasteiger partial charge >= 0.3 is 0 Å². The van der Waals surface area contributed by atoms with Crippen LogP contribution in [0.1, 0.15) is 11.1 Å². The number of hydrogen-bond donors (Lipinski definition) is 1. The van der Waals surface area contributed by atoms with Crippen LogP contribution in [0.3, 0.4) is 0 Å². The van der Waals surface area contributed by atoms with Gasteiger partial charge < -0.3 is 14.8 Å². The molecule has 0 bridgehead atoms. The molecule has 1 amide bonds. The molecule has 122 valence electrons. The average Bonchev–Trinajstić information content (AvgIpc) is 2.95. The number of ether oxygens (including phenoxy) is 2. The molecule has 0 saturated carbocycles. The van der Waals surface area contributed by atoms with Crippen molar-refractivity contribution in [1.82, 2.24) is 5.32 Å². The highest BCUT2D eigenvalue weighted by Crippen LogP contribution is 2.27. The Bertz CT molecular complexity index is 859. The van der Waals surface area contributed by atoms with Crippen LogP contribution in [-0.2, 0) is 4.79 Å². The quantitative estimate of drug-likeness (QED) is 0.879. The topological polar surface area (TPSA) is 59.9 Å². The lowest BCUT2D eigenvalue weighted by Crippen LogP contribution is -2.25. The van der Waals surface area contributed by atoms with E-state index < -0.39 is 11.7 Å². The van der Waals surface area contributed by atoms with E-state index in [4.69, 9.17) is 9.47 Å². The van der Waals surface area contributed by atoms with E-state index in [9.17, 15) is 9.18 Å². The first-order chi connectivity index (χ1) is 11.6. The number of rotatable bonds is 4. The molecule has 0 atom stereocenters. The molecule has 24 heavy (non-hydrogen) atoms. The fourth-order valence-electron chi connectivity index (χ4n) is 2.35. The number of carbonyl (C=O) groups excluding carboxylic acids is 1. The van der Waals surface area contributed by atoms with Gasteiger partial charge in [-0.15, -0.1) is 0 Å². The van der Waals surface area contributed by atoms with Crippen molar-refractivity contribution in [2.75, 3.05) is 14.2 Å². The first-order valence-corrected chi connectivity index (χ1v) is 7.21. The second-order valence-electron chi connectivity index (χ2n) is 5.03. The van der Waals surface area contributed by atoms with Crippen LogP contribution in [0.15, 0.2) is 53.2 Å². The summed E-state index contributed by atoms with van der Waals surface area (Å²) in [5, 5.41) is 2.58. The standard InChI is InChI=1S/C18H15FN2O3/c1-23-12-7-8-16(24-2)11(9-12)10-15-18(22)21-17(20-15)13-5-3-4-6-14(13)19/h3-10H,1-2H3,(H,20,21,22). The number of amides is 1. The van der Waals surface area contributed by atoms with Crippen LogP contribution in [0.5, 0.6) is 11.5 Å². The van der Waals surface area contributed by atoms with Crippen molar-refractivity contribution < 1.29 is 18.7 Å². The minimum Gasteiger partial charge on any atom is -0.497 e. The van der Waals surface area contributed by atoms with Crippen molar-refractivity contribution in [1.29, 1.82) is 0 Å². The Morgan fingerprint density at radius 2 is 1.92 bits per heavy atom. The number of benzene rings is 2. The van der Waals surface area contributed by atoms with Crippen molar-refractivity contribution in [3.8, 4) is 11.5 Å². The fourth-order valence-corrected chi connectivity index (χ4v) is 2.35. The number of nitrogens with one attached hydrogen (secondary N) is 1. The van der Waals surface area contributed by atoms with Crippen molar-refractivity contribution in [2.45, 2.75) is 0 Å². The molecule has 1 N–H and O–H groups in total. The lowest BCUT2D eigenvalue weighted by molar-refractivity contribution is -0.115. The third-order valence-electron chi connectivity index (χ3n) is 3.55. The summed E-state index contributed by atoms with van der Waals surface area (Å²) in [6.07, 6.45) is 1.57. The van der Waals surface area contributed by atoms with Crippen LogP contribution in [0.25, 0.3) is 6.08 Å². The molecule has 0 aliphatic carbocycles. The van der Waals surface area contributed by atoms with E-state index in [-0.39, 0.29) is 17.1 Å². The summed E-state index contributed by atoms with van der Waals surface area (Å²) in [5.74, 6) is 0.533. The summed E-state index contributed by atoms with van der Waals surface area (Å²) in [5.41, 5.74) is 1.05. The molecular weight excluding hydrogens is 311 g/mol. The van der Waals surface area contributed by atoms with E-state index in [0.29, 0.717) is 17.1 Å². The molecule has 0 spiro atoms. The molecule has 0 radical (unpaired) electrons. The Labute approximate surface area is 138 Å². The number of nitrogens with zero attached hydrogens (tertiary/aromatic N) is 1. The minimum absolute atomic E-state index is 0.166. The lowest BCUT2D eigenvalue weighted by Gasteiger charge is -2.07. The number of aliphatic imine (C=N–C) groups is 1. The normalized spacial score (nSPS) is 15.2. The van der Waals surface area contributed by atoms with Crippen molar-refractivity contribution in [2.24, 2.45) is 4.99 Å². The predicted molar refractivity (Wildman–Crippen MR) is 88.6 cm³/mol. The second-order valence-corrected chi connectivity index (χ2v) is 5.03. The van der Waals surface area contributed by atoms with Gasteiger partial charge in [0.15, 0.2) is 0 Å². The molecular formula is C18H15FN2O3. The van der Waals surface area contributed by atoms with Crippen LogP contribution in [0.2, 0.25) is 0 Å². The third-order valence-corrected chi connectivity index (χ3v) is 3.55. The van der Waals surface area contributed by atoms with E-state index in [2.05, 4.69) is 10.3 Å². The second kappa shape index (κ2) is 6.54. The molecule has 1 aliphatic heterocycles. The van der Waals surface area contributed by atoms with Gasteiger partial charge in [0.05, 0.1) is 19.8 Å². The summed E-state index contributed by atoms with van der Waals surface area (Å²) in [4.78, 5) is 16.3. The lowest BCUT2D eigenvalue weighted by atomic mass is 10.1. The number of methoxy groups -OCH3 is 2. The largest absolute Gasteiger partial charge is 0.497 e. The number of hydrogen-bond acceptors (Lipinski definition) is 4. The van der Waals surface area contributed by atoms with E-state index >= 15 is 0 Å². The molecule has 0 aromatic heterocycles. The summed E-state index contributed by atoms with van der Waals surface area (Å²) < 4.78 is 24.3. The van der Waals surface area contributed by atoms with Gasteiger partial charge in [-0.3, -0.25) is 4.79 Å². The van der Waals surface area contributed by atoms with Gasteiger partial charge in [0.2, 0.25) is 0 Å². The first-order valence-electron chi connectivity index (χ1n) is 7.21. The molecule has 5 nitrogen and oxygen atoms in total. The highest BCUT2D eigenvalue weighted by atomic mass is 19.1. The Balaban J connectivity index is 2.02. The zero-order chi connectivity index (χ0) is 17.1. The Kier molecular flexibility index (Phi) is 4.29. The third kappa shape index (κ3) is 2.99. The zero-order valence-electron chi connectivity index (χ0n) is 13.2. The molecule has 6 heteroatoms. The zero-order valence-corrected chi connectivity index (χ0v) is 13.2. The Morgan fingerprint density at radius 3 is 2.62 bits per heavy atom. The smallest absolute Gasteiger partial charge is 0.275 e. The average molecular weight is 326 g/mol. The Morgan fingerprint density at radius 1 is 1.12 bits per heavy atom. The van der Waals surface area contributed by atoms with Gasteiger partial charge in [-0.2, -0.15) is 0 Å². The summed E-state index contributed by atoms with van der Waals surface area (Å²) >= 11 is 0. The van der Waals surface area contributed by atoms with Gasteiger partial charge in [0.25, 0.3) is 5.91 Å². The maximum atomic E-state index is 13.9. The molecule has 2 aromatic carbocycles. The van der Waals surface area contributed by atoms with E-state index in [1.807, 2.05) is 0 Å². The maximum absolute atomic E-state index is 13.9. The number of amidine groups is 1. The molecule has 0 saturated heterocycles. The van der Waals surface area contributed by atoms with E-state index in [1.54, 1.807) is 49.6 Å². The molecule has 0 fully saturated rings. The van der Waals surface area contributed by atoms with Crippen molar-refractivity contribution in [3.05, 3.63) is 65.1 Å². The number of halogens is 1. The molecule has 3 rings (SSSR count). The minimum atomic E-state index is -0.447. The van der Waals surface area contributed by atoms with Crippen LogP contribution in [-0.4, -0.2) is 26.0 Å².